The van der Waals surface area contributed by atoms with Crippen molar-refractivity contribution in [1.82, 2.24) is 5.43 Å². The number of rotatable bonds is 4. The van der Waals surface area contributed by atoms with E-state index < -0.39 is 10.8 Å². The van der Waals surface area contributed by atoms with Crippen LogP contribution in [0.2, 0.25) is 0 Å². The number of nitro benzene ring substituents is 1. The quantitative estimate of drug-likeness (QED) is 0.342. The van der Waals surface area contributed by atoms with Gasteiger partial charge in [0.2, 0.25) is 6.79 Å². The normalized spacial score (nSPS) is 12.4. The van der Waals surface area contributed by atoms with E-state index in [-0.39, 0.29) is 18.0 Å². The highest BCUT2D eigenvalue weighted by Crippen LogP contribution is 2.37. The van der Waals surface area contributed by atoms with Crippen LogP contribution in [-0.2, 0) is 0 Å². The average Bonchev–Trinajstić information content (AvgIpc) is 3.01. The standard InChI is InChI=1S/C15H10IN3O5/c16-11-3-1-2-9(4-11)15(20)18-17-7-10-5-13-14(24-8-23-13)6-12(10)19(21)22/h1-7H,8H2,(H,18,20)/b17-7+. The van der Waals surface area contributed by atoms with Gasteiger partial charge in [-0.15, -0.1) is 0 Å². The molecule has 1 amide bonds. The Balaban J connectivity index is 1.79. The summed E-state index contributed by atoms with van der Waals surface area (Å²) in [5.41, 5.74) is 2.80. The van der Waals surface area contributed by atoms with Gasteiger partial charge in [0.1, 0.15) is 0 Å². The maximum atomic E-state index is 12.0. The highest BCUT2D eigenvalue weighted by atomic mass is 127. The molecule has 0 saturated carbocycles. The van der Waals surface area contributed by atoms with Gasteiger partial charge in [0.05, 0.1) is 22.8 Å². The molecule has 0 unspecified atom stereocenters. The number of ether oxygens (including phenoxy) is 2. The Morgan fingerprint density at radius 1 is 1.29 bits per heavy atom. The monoisotopic (exact) mass is 439 g/mol. The average molecular weight is 439 g/mol. The van der Waals surface area contributed by atoms with Gasteiger partial charge < -0.3 is 9.47 Å². The lowest BCUT2D eigenvalue weighted by Gasteiger charge is -2.02. The summed E-state index contributed by atoms with van der Waals surface area (Å²) in [6.45, 7) is 0.0104. The summed E-state index contributed by atoms with van der Waals surface area (Å²) in [4.78, 5) is 22.6. The van der Waals surface area contributed by atoms with E-state index in [2.05, 4.69) is 33.1 Å². The summed E-state index contributed by atoms with van der Waals surface area (Å²) >= 11 is 2.09. The summed E-state index contributed by atoms with van der Waals surface area (Å²) in [5.74, 6) is 0.292. The molecule has 1 aliphatic heterocycles. The summed E-state index contributed by atoms with van der Waals surface area (Å²) in [6, 6.07) is 9.68. The lowest BCUT2D eigenvalue weighted by atomic mass is 10.1. The fraction of sp³-hybridized carbons (Fsp3) is 0.0667. The van der Waals surface area contributed by atoms with Crippen molar-refractivity contribution < 1.29 is 19.2 Å². The van der Waals surface area contributed by atoms with Crippen molar-refractivity contribution in [2.75, 3.05) is 6.79 Å². The van der Waals surface area contributed by atoms with Crippen molar-refractivity contribution in [1.29, 1.82) is 0 Å². The maximum absolute atomic E-state index is 12.0. The van der Waals surface area contributed by atoms with E-state index in [4.69, 9.17) is 9.47 Å². The van der Waals surface area contributed by atoms with Crippen LogP contribution in [-0.4, -0.2) is 23.8 Å². The van der Waals surface area contributed by atoms with Gasteiger partial charge in [0.15, 0.2) is 11.5 Å². The Hall–Kier alpha value is -2.69. The van der Waals surface area contributed by atoms with Crippen molar-refractivity contribution >= 4 is 40.4 Å². The minimum atomic E-state index is -0.551. The van der Waals surface area contributed by atoms with Crippen molar-refractivity contribution in [3.8, 4) is 11.5 Å². The molecule has 0 atom stereocenters. The number of fused-ring (bicyclic) bond motifs is 1. The van der Waals surface area contributed by atoms with E-state index in [1.165, 1.54) is 18.3 Å². The Morgan fingerprint density at radius 3 is 2.75 bits per heavy atom. The summed E-state index contributed by atoms with van der Waals surface area (Å²) in [7, 11) is 0. The molecule has 0 spiro atoms. The van der Waals surface area contributed by atoms with Crippen molar-refractivity contribution in [2.24, 2.45) is 5.10 Å². The minimum Gasteiger partial charge on any atom is -0.454 e. The molecule has 122 valence electrons. The topological polar surface area (TPSA) is 103 Å². The van der Waals surface area contributed by atoms with Gasteiger partial charge in [0, 0.05) is 9.13 Å². The fourth-order valence-electron chi connectivity index (χ4n) is 2.06. The van der Waals surface area contributed by atoms with Crippen LogP contribution in [0.15, 0.2) is 41.5 Å². The lowest BCUT2D eigenvalue weighted by molar-refractivity contribution is -0.385. The third kappa shape index (κ3) is 3.45. The molecule has 2 aromatic rings. The van der Waals surface area contributed by atoms with Crippen LogP contribution in [0, 0.1) is 13.7 Å². The van der Waals surface area contributed by atoms with E-state index in [9.17, 15) is 14.9 Å². The summed E-state index contributed by atoms with van der Waals surface area (Å²) in [5, 5.41) is 14.9. The van der Waals surface area contributed by atoms with Gasteiger partial charge in [-0.2, -0.15) is 5.10 Å². The third-order valence-corrected chi connectivity index (χ3v) is 3.85. The second kappa shape index (κ2) is 6.83. The molecule has 2 aromatic carbocycles. The molecular weight excluding hydrogens is 429 g/mol. The molecule has 3 rings (SSSR count). The molecule has 24 heavy (non-hydrogen) atoms. The molecule has 0 bridgehead atoms. The number of halogens is 1. The van der Waals surface area contributed by atoms with E-state index in [1.54, 1.807) is 18.2 Å². The molecule has 1 N–H and O–H groups in total. The summed E-state index contributed by atoms with van der Waals surface area (Å²) < 4.78 is 11.2. The van der Waals surface area contributed by atoms with E-state index in [0.29, 0.717) is 17.1 Å². The largest absolute Gasteiger partial charge is 0.454 e. The van der Waals surface area contributed by atoms with Gasteiger partial charge in [-0.25, -0.2) is 5.43 Å². The highest BCUT2D eigenvalue weighted by molar-refractivity contribution is 14.1. The van der Waals surface area contributed by atoms with Crippen LogP contribution in [0.1, 0.15) is 15.9 Å². The van der Waals surface area contributed by atoms with Crippen LogP contribution in [0.5, 0.6) is 11.5 Å². The van der Waals surface area contributed by atoms with Gasteiger partial charge in [-0.05, 0) is 46.9 Å². The molecular formula is C15H10IN3O5. The SMILES string of the molecule is O=C(N/N=C/c1cc2c(cc1[N+](=O)[O-])OCO2)c1cccc(I)c1. The van der Waals surface area contributed by atoms with Crippen LogP contribution in [0.4, 0.5) is 5.69 Å². The zero-order valence-electron chi connectivity index (χ0n) is 12.1. The number of nitro groups is 1. The van der Waals surface area contributed by atoms with Gasteiger partial charge >= 0.3 is 0 Å². The van der Waals surface area contributed by atoms with Crippen molar-refractivity contribution in [2.45, 2.75) is 0 Å². The molecule has 1 heterocycles. The van der Waals surface area contributed by atoms with Gasteiger partial charge in [-0.1, -0.05) is 6.07 Å². The Bertz CT molecular complexity index is 853. The second-order valence-electron chi connectivity index (χ2n) is 4.73. The van der Waals surface area contributed by atoms with E-state index >= 15 is 0 Å². The molecule has 8 nitrogen and oxygen atoms in total. The number of nitrogens with zero attached hydrogens (tertiary/aromatic N) is 2. The zero-order valence-corrected chi connectivity index (χ0v) is 14.2. The minimum absolute atomic E-state index is 0.0104. The molecule has 0 fully saturated rings. The van der Waals surface area contributed by atoms with Gasteiger partial charge in [0.25, 0.3) is 11.6 Å². The highest BCUT2D eigenvalue weighted by Gasteiger charge is 2.22. The van der Waals surface area contributed by atoms with E-state index in [1.807, 2.05) is 6.07 Å². The lowest BCUT2D eigenvalue weighted by Crippen LogP contribution is -2.17. The van der Waals surface area contributed by atoms with Crippen LogP contribution in [0.25, 0.3) is 0 Å². The van der Waals surface area contributed by atoms with Crippen LogP contribution >= 0.6 is 22.6 Å². The zero-order chi connectivity index (χ0) is 17.1. The predicted octanol–water partition coefficient (Wildman–Crippen LogP) is 2.69. The summed E-state index contributed by atoms with van der Waals surface area (Å²) in [6.07, 6.45) is 1.20. The van der Waals surface area contributed by atoms with Gasteiger partial charge in [-0.3, -0.25) is 14.9 Å². The molecule has 0 radical (unpaired) electrons. The molecule has 0 saturated heterocycles. The second-order valence-corrected chi connectivity index (χ2v) is 5.98. The number of hydrazone groups is 1. The fourth-order valence-corrected chi connectivity index (χ4v) is 2.61. The Labute approximate surface area is 149 Å². The Kier molecular flexibility index (Phi) is 4.60. The number of carbonyl (C=O) groups excluding carboxylic acids is 1. The van der Waals surface area contributed by atoms with Crippen LogP contribution in [0.3, 0.4) is 0 Å². The number of benzene rings is 2. The first-order chi connectivity index (χ1) is 11.5. The first kappa shape index (κ1) is 16.2. The number of carbonyl (C=O) groups is 1. The third-order valence-electron chi connectivity index (χ3n) is 3.18. The predicted molar refractivity (Wildman–Crippen MR) is 93.4 cm³/mol. The van der Waals surface area contributed by atoms with E-state index in [0.717, 1.165) is 3.57 Å². The maximum Gasteiger partial charge on any atom is 0.282 e. The first-order valence-corrected chi connectivity index (χ1v) is 7.79. The molecule has 1 aliphatic rings. The molecule has 9 heteroatoms. The van der Waals surface area contributed by atoms with Crippen LogP contribution < -0.4 is 14.9 Å². The first-order valence-electron chi connectivity index (χ1n) is 6.71. The number of hydrogen-bond acceptors (Lipinski definition) is 6. The number of nitrogens with one attached hydrogen (secondary N) is 1. The number of amides is 1. The number of hydrogen-bond donors (Lipinski definition) is 1. The Morgan fingerprint density at radius 2 is 2.04 bits per heavy atom. The smallest absolute Gasteiger partial charge is 0.282 e. The molecule has 0 aliphatic carbocycles. The van der Waals surface area contributed by atoms with Crippen molar-refractivity contribution in [3.63, 3.8) is 0 Å². The molecule has 0 aromatic heterocycles. The van der Waals surface area contributed by atoms with Crippen molar-refractivity contribution in [3.05, 3.63) is 61.2 Å².